The molecule has 1 amide bonds. The molecule has 27 heavy (non-hydrogen) atoms. The molecule has 0 unspecified atom stereocenters. The van der Waals surface area contributed by atoms with Crippen molar-refractivity contribution in [2.24, 2.45) is 0 Å². The Balaban J connectivity index is 1.60. The van der Waals surface area contributed by atoms with Gasteiger partial charge in [-0.1, -0.05) is 17.7 Å². The number of aryl methyl sites for hydroxylation is 2. The molecule has 0 saturated carbocycles. The summed E-state index contributed by atoms with van der Waals surface area (Å²) in [5.74, 6) is 0.304. The van der Waals surface area contributed by atoms with Crippen LogP contribution in [-0.4, -0.2) is 38.8 Å². The van der Waals surface area contributed by atoms with Crippen LogP contribution in [0.25, 0.3) is 0 Å². The second-order valence-electron chi connectivity index (χ2n) is 6.50. The van der Waals surface area contributed by atoms with Gasteiger partial charge < -0.3 is 19.7 Å². The Morgan fingerprint density at radius 1 is 1.26 bits per heavy atom. The first kappa shape index (κ1) is 20.0. The molecule has 0 atom stereocenters. The van der Waals surface area contributed by atoms with Crippen LogP contribution >= 0.6 is 27.5 Å². The number of hydrogen-bond acceptors (Lipinski definition) is 4. The van der Waals surface area contributed by atoms with Gasteiger partial charge in [0.05, 0.1) is 23.9 Å². The quantitative estimate of drug-likeness (QED) is 0.720. The SMILES string of the molecule is Cc1cc(C)c(OCC(=O)Nc2ccc(N3CCOCC3)c(Br)c2)c(Cl)c1. The Kier molecular flexibility index (Phi) is 6.63. The molecule has 3 rings (SSSR count). The van der Waals surface area contributed by atoms with Crippen molar-refractivity contribution < 1.29 is 14.3 Å². The summed E-state index contributed by atoms with van der Waals surface area (Å²) >= 11 is 9.81. The molecule has 1 aliphatic heterocycles. The monoisotopic (exact) mass is 452 g/mol. The number of anilines is 2. The van der Waals surface area contributed by atoms with Gasteiger partial charge in [-0.25, -0.2) is 0 Å². The molecule has 0 spiro atoms. The van der Waals surface area contributed by atoms with E-state index in [1.807, 2.05) is 44.2 Å². The van der Waals surface area contributed by atoms with Crippen molar-refractivity contribution in [3.8, 4) is 5.75 Å². The van der Waals surface area contributed by atoms with Gasteiger partial charge in [-0.3, -0.25) is 4.79 Å². The van der Waals surface area contributed by atoms with Gasteiger partial charge in [-0.05, 0) is 65.2 Å². The third-order valence-corrected chi connectivity index (χ3v) is 5.22. The third kappa shape index (κ3) is 5.15. The van der Waals surface area contributed by atoms with Crippen molar-refractivity contribution in [3.63, 3.8) is 0 Å². The molecule has 0 radical (unpaired) electrons. The summed E-state index contributed by atoms with van der Waals surface area (Å²) in [6.45, 7) is 6.93. The van der Waals surface area contributed by atoms with Crippen LogP contribution in [0.15, 0.2) is 34.8 Å². The average Bonchev–Trinajstić information content (AvgIpc) is 2.61. The fourth-order valence-corrected chi connectivity index (χ4v) is 4.07. The van der Waals surface area contributed by atoms with Gasteiger partial charge in [0.25, 0.3) is 5.91 Å². The summed E-state index contributed by atoms with van der Waals surface area (Å²) in [6.07, 6.45) is 0. The summed E-state index contributed by atoms with van der Waals surface area (Å²) < 4.78 is 11.9. The average molecular weight is 454 g/mol. The van der Waals surface area contributed by atoms with Crippen LogP contribution in [0.4, 0.5) is 11.4 Å². The Bertz CT molecular complexity index is 815. The van der Waals surface area contributed by atoms with Crippen molar-refractivity contribution in [1.29, 1.82) is 0 Å². The molecule has 0 aromatic heterocycles. The molecule has 0 bridgehead atoms. The number of carbonyl (C=O) groups excluding carboxylic acids is 1. The van der Waals surface area contributed by atoms with Crippen molar-refractivity contribution in [3.05, 3.63) is 51.0 Å². The minimum absolute atomic E-state index is 0.105. The summed E-state index contributed by atoms with van der Waals surface area (Å²) in [6, 6.07) is 9.57. The highest BCUT2D eigenvalue weighted by Gasteiger charge is 2.15. The van der Waals surface area contributed by atoms with E-state index in [0.717, 1.165) is 47.6 Å². The maximum atomic E-state index is 12.3. The highest BCUT2D eigenvalue weighted by Crippen LogP contribution is 2.31. The second kappa shape index (κ2) is 8.95. The third-order valence-electron chi connectivity index (χ3n) is 4.30. The normalized spacial score (nSPS) is 14.1. The van der Waals surface area contributed by atoms with E-state index in [-0.39, 0.29) is 12.5 Å². The number of benzene rings is 2. The number of carbonyl (C=O) groups is 1. The van der Waals surface area contributed by atoms with E-state index in [1.54, 1.807) is 0 Å². The standard InChI is InChI=1S/C20H22BrClN2O3/c1-13-9-14(2)20(17(22)10-13)27-12-19(25)23-15-3-4-18(16(21)11-15)24-5-7-26-8-6-24/h3-4,9-11H,5-8,12H2,1-2H3,(H,23,25). The largest absolute Gasteiger partial charge is 0.482 e. The lowest BCUT2D eigenvalue weighted by Gasteiger charge is -2.29. The van der Waals surface area contributed by atoms with Crippen LogP contribution in [-0.2, 0) is 9.53 Å². The molecule has 1 fully saturated rings. The van der Waals surface area contributed by atoms with E-state index < -0.39 is 0 Å². The number of rotatable bonds is 5. The predicted molar refractivity (Wildman–Crippen MR) is 112 cm³/mol. The molecule has 1 aliphatic rings. The number of nitrogens with zero attached hydrogens (tertiary/aromatic N) is 1. The Morgan fingerprint density at radius 3 is 2.67 bits per heavy atom. The van der Waals surface area contributed by atoms with Crippen LogP contribution in [0.2, 0.25) is 5.02 Å². The lowest BCUT2D eigenvalue weighted by Crippen LogP contribution is -2.36. The van der Waals surface area contributed by atoms with E-state index in [9.17, 15) is 4.79 Å². The van der Waals surface area contributed by atoms with Gasteiger partial charge in [0.2, 0.25) is 0 Å². The van der Waals surface area contributed by atoms with Gasteiger partial charge in [0.1, 0.15) is 5.75 Å². The second-order valence-corrected chi connectivity index (χ2v) is 7.76. The Labute approximate surface area is 172 Å². The Hall–Kier alpha value is -1.76. The molecule has 5 nitrogen and oxygen atoms in total. The van der Waals surface area contributed by atoms with Gasteiger partial charge in [0, 0.05) is 23.2 Å². The molecule has 2 aromatic carbocycles. The highest BCUT2D eigenvalue weighted by molar-refractivity contribution is 9.10. The highest BCUT2D eigenvalue weighted by atomic mass is 79.9. The molecule has 0 aliphatic carbocycles. The lowest BCUT2D eigenvalue weighted by atomic mass is 10.1. The van der Waals surface area contributed by atoms with Crippen LogP contribution in [0.3, 0.4) is 0 Å². The summed E-state index contributed by atoms with van der Waals surface area (Å²) in [5, 5.41) is 3.37. The maximum absolute atomic E-state index is 12.3. The number of ether oxygens (including phenoxy) is 2. The van der Waals surface area contributed by atoms with E-state index in [2.05, 4.69) is 26.1 Å². The number of hydrogen-bond donors (Lipinski definition) is 1. The number of nitrogens with one attached hydrogen (secondary N) is 1. The molecular weight excluding hydrogens is 432 g/mol. The van der Waals surface area contributed by atoms with Crippen molar-refractivity contribution in [2.75, 3.05) is 43.1 Å². The number of halogens is 2. The minimum Gasteiger partial charge on any atom is -0.482 e. The van der Waals surface area contributed by atoms with Crippen LogP contribution < -0.4 is 15.0 Å². The molecule has 1 heterocycles. The van der Waals surface area contributed by atoms with Gasteiger partial charge >= 0.3 is 0 Å². The molecule has 1 N–H and O–H groups in total. The Morgan fingerprint density at radius 2 is 2.00 bits per heavy atom. The van der Waals surface area contributed by atoms with E-state index >= 15 is 0 Å². The topological polar surface area (TPSA) is 50.8 Å². The van der Waals surface area contributed by atoms with E-state index in [0.29, 0.717) is 16.5 Å². The van der Waals surface area contributed by atoms with E-state index in [4.69, 9.17) is 21.1 Å². The number of morpholine rings is 1. The lowest BCUT2D eigenvalue weighted by molar-refractivity contribution is -0.118. The van der Waals surface area contributed by atoms with E-state index in [1.165, 1.54) is 0 Å². The summed E-state index contributed by atoms with van der Waals surface area (Å²) in [5.41, 5.74) is 3.76. The first-order valence-corrected chi connectivity index (χ1v) is 9.93. The molecule has 2 aromatic rings. The van der Waals surface area contributed by atoms with Gasteiger partial charge in [-0.2, -0.15) is 0 Å². The smallest absolute Gasteiger partial charge is 0.262 e. The summed E-state index contributed by atoms with van der Waals surface area (Å²) in [7, 11) is 0. The van der Waals surface area contributed by atoms with Gasteiger partial charge in [-0.15, -0.1) is 0 Å². The zero-order valence-electron chi connectivity index (χ0n) is 15.4. The van der Waals surface area contributed by atoms with Crippen molar-refractivity contribution in [1.82, 2.24) is 0 Å². The molecular formula is C20H22BrClN2O3. The maximum Gasteiger partial charge on any atom is 0.262 e. The van der Waals surface area contributed by atoms with Crippen LogP contribution in [0, 0.1) is 13.8 Å². The van der Waals surface area contributed by atoms with Gasteiger partial charge in [0.15, 0.2) is 6.61 Å². The predicted octanol–water partition coefficient (Wildman–Crippen LogP) is 4.57. The zero-order valence-corrected chi connectivity index (χ0v) is 17.7. The summed E-state index contributed by atoms with van der Waals surface area (Å²) in [4.78, 5) is 14.5. The molecule has 7 heteroatoms. The molecule has 144 valence electrons. The molecule has 1 saturated heterocycles. The fraction of sp³-hybridized carbons (Fsp3) is 0.350. The first-order valence-electron chi connectivity index (χ1n) is 8.75. The fourth-order valence-electron chi connectivity index (χ4n) is 3.07. The first-order chi connectivity index (χ1) is 12.9. The van der Waals surface area contributed by atoms with Crippen molar-refractivity contribution >= 4 is 44.8 Å². The van der Waals surface area contributed by atoms with Crippen molar-refractivity contribution in [2.45, 2.75) is 13.8 Å². The number of amides is 1. The zero-order chi connectivity index (χ0) is 19.4. The van der Waals surface area contributed by atoms with Crippen LogP contribution in [0.1, 0.15) is 11.1 Å². The van der Waals surface area contributed by atoms with Crippen LogP contribution in [0.5, 0.6) is 5.75 Å². The minimum atomic E-state index is -0.239.